The molecule has 0 unspecified atom stereocenters. The highest BCUT2D eigenvalue weighted by Crippen LogP contribution is 2.18. The Hall–Kier alpha value is -3.06. The van der Waals surface area contributed by atoms with Crippen molar-refractivity contribution in [3.8, 4) is 6.07 Å². The smallest absolute Gasteiger partial charge is 0.272 e. The number of hydrogen-bond acceptors (Lipinski definition) is 2. The van der Waals surface area contributed by atoms with Crippen molar-refractivity contribution in [1.29, 1.82) is 5.26 Å². The number of aryl methyl sites for hydroxylation is 1. The van der Waals surface area contributed by atoms with Crippen molar-refractivity contribution in [2.75, 3.05) is 5.32 Å². The molecular weight excluding hydrogens is 262 g/mol. The zero-order valence-corrected chi connectivity index (χ0v) is 11.5. The molecule has 0 radical (unpaired) electrons. The summed E-state index contributed by atoms with van der Waals surface area (Å²) in [6, 6.07) is 16.6. The molecule has 0 aliphatic rings. The fourth-order valence-electron chi connectivity index (χ4n) is 2.20. The highest BCUT2D eigenvalue weighted by atomic mass is 16.1. The van der Waals surface area contributed by atoms with Gasteiger partial charge in [-0.25, -0.2) is 0 Å². The number of nitrogens with one attached hydrogen (secondary N) is 2. The molecule has 1 heterocycles. The molecule has 1 amide bonds. The van der Waals surface area contributed by atoms with Crippen molar-refractivity contribution in [2.24, 2.45) is 0 Å². The molecule has 0 saturated carbocycles. The van der Waals surface area contributed by atoms with Gasteiger partial charge in [-0.1, -0.05) is 11.6 Å². The van der Waals surface area contributed by atoms with Crippen LogP contribution in [0.5, 0.6) is 0 Å². The number of hydrogen-bond donors (Lipinski definition) is 2. The van der Waals surface area contributed by atoms with Crippen LogP contribution in [0.4, 0.5) is 5.69 Å². The molecule has 21 heavy (non-hydrogen) atoms. The van der Waals surface area contributed by atoms with Gasteiger partial charge in [-0.05, 0) is 49.4 Å². The highest BCUT2D eigenvalue weighted by molar-refractivity contribution is 6.05. The summed E-state index contributed by atoms with van der Waals surface area (Å²) >= 11 is 0. The first kappa shape index (κ1) is 12.9. The number of carbonyl (C=O) groups is 1. The van der Waals surface area contributed by atoms with E-state index in [0.717, 1.165) is 16.5 Å². The number of rotatable bonds is 2. The summed E-state index contributed by atoms with van der Waals surface area (Å²) in [5.74, 6) is -0.200. The van der Waals surface area contributed by atoms with Gasteiger partial charge in [-0.3, -0.25) is 4.79 Å². The van der Waals surface area contributed by atoms with Gasteiger partial charge in [0.1, 0.15) is 5.69 Å². The molecule has 0 aliphatic heterocycles. The number of amides is 1. The standard InChI is InChI=1S/C17H13N3O/c1-11-2-7-15-13(8-11)9-16(20-15)17(21)19-14-5-3-12(10-18)4-6-14/h2-9,20H,1H3,(H,19,21). The highest BCUT2D eigenvalue weighted by Gasteiger charge is 2.09. The second-order valence-corrected chi connectivity index (χ2v) is 4.92. The fraction of sp³-hybridized carbons (Fsp3) is 0.0588. The van der Waals surface area contributed by atoms with Crippen LogP contribution in [-0.4, -0.2) is 10.9 Å². The van der Waals surface area contributed by atoms with E-state index in [0.29, 0.717) is 16.9 Å². The molecule has 0 spiro atoms. The first-order valence-electron chi connectivity index (χ1n) is 6.56. The van der Waals surface area contributed by atoms with Crippen LogP contribution < -0.4 is 5.32 Å². The van der Waals surface area contributed by atoms with Gasteiger partial charge in [-0.2, -0.15) is 5.26 Å². The zero-order valence-electron chi connectivity index (χ0n) is 11.5. The van der Waals surface area contributed by atoms with Crippen molar-refractivity contribution in [2.45, 2.75) is 6.92 Å². The number of carbonyl (C=O) groups excluding carboxylic acids is 1. The van der Waals surface area contributed by atoms with E-state index >= 15 is 0 Å². The van der Waals surface area contributed by atoms with E-state index in [4.69, 9.17) is 5.26 Å². The fourth-order valence-corrected chi connectivity index (χ4v) is 2.20. The molecule has 2 N–H and O–H groups in total. The maximum absolute atomic E-state index is 12.2. The lowest BCUT2D eigenvalue weighted by Gasteiger charge is -2.03. The molecule has 2 aromatic carbocycles. The van der Waals surface area contributed by atoms with E-state index in [9.17, 15) is 4.79 Å². The number of nitrogens with zero attached hydrogens (tertiary/aromatic N) is 1. The van der Waals surface area contributed by atoms with Crippen LogP contribution in [0.2, 0.25) is 0 Å². The first-order valence-corrected chi connectivity index (χ1v) is 6.56. The quantitative estimate of drug-likeness (QED) is 0.750. The SMILES string of the molecule is Cc1ccc2[nH]c(C(=O)Nc3ccc(C#N)cc3)cc2c1. The lowest BCUT2D eigenvalue weighted by Crippen LogP contribution is -2.12. The summed E-state index contributed by atoms with van der Waals surface area (Å²) in [4.78, 5) is 15.3. The van der Waals surface area contributed by atoms with E-state index in [1.807, 2.05) is 37.3 Å². The Labute approximate surface area is 122 Å². The minimum Gasteiger partial charge on any atom is -0.351 e. The molecule has 3 aromatic rings. The van der Waals surface area contributed by atoms with Crippen LogP contribution >= 0.6 is 0 Å². The van der Waals surface area contributed by atoms with Gasteiger partial charge in [0.05, 0.1) is 11.6 Å². The van der Waals surface area contributed by atoms with Gasteiger partial charge in [-0.15, -0.1) is 0 Å². The van der Waals surface area contributed by atoms with Crippen molar-refractivity contribution >= 4 is 22.5 Å². The maximum Gasteiger partial charge on any atom is 0.272 e. The number of aromatic nitrogens is 1. The topological polar surface area (TPSA) is 68.7 Å². The molecular formula is C17H13N3O. The number of H-pyrrole nitrogens is 1. The summed E-state index contributed by atoms with van der Waals surface area (Å²) in [6.07, 6.45) is 0. The van der Waals surface area contributed by atoms with E-state index in [-0.39, 0.29) is 5.91 Å². The van der Waals surface area contributed by atoms with E-state index < -0.39 is 0 Å². The van der Waals surface area contributed by atoms with Gasteiger partial charge in [0, 0.05) is 16.6 Å². The Kier molecular flexibility index (Phi) is 3.17. The Morgan fingerprint density at radius 2 is 1.90 bits per heavy atom. The second kappa shape index (κ2) is 5.14. The summed E-state index contributed by atoms with van der Waals surface area (Å²) in [5.41, 5.74) is 3.83. The third-order valence-electron chi connectivity index (χ3n) is 3.29. The molecule has 0 saturated heterocycles. The van der Waals surface area contributed by atoms with Crippen LogP contribution in [0.3, 0.4) is 0 Å². The maximum atomic E-state index is 12.2. The Morgan fingerprint density at radius 1 is 1.14 bits per heavy atom. The van der Waals surface area contributed by atoms with Crippen LogP contribution in [0.25, 0.3) is 10.9 Å². The Bertz CT molecular complexity index is 854. The Morgan fingerprint density at radius 3 is 2.62 bits per heavy atom. The first-order chi connectivity index (χ1) is 10.2. The van der Waals surface area contributed by atoms with Crippen molar-refractivity contribution < 1.29 is 4.79 Å². The number of fused-ring (bicyclic) bond motifs is 1. The molecule has 0 bridgehead atoms. The average molecular weight is 275 g/mol. The molecule has 3 rings (SSSR count). The minimum absolute atomic E-state index is 0.200. The van der Waals surface area contributed by atoms with Gasteiger partial charge in [0.25, 0.3) is 5.91 Å². The van der Waals surface area contributed by atoms with Gasteiger partial charge in [0.2, 0.25) is 0 Å². The van der Waals surface area contributed by atoms with Gasteiger partial charge in [0.15, 0.2) is 0 Å². The summed E-state index contributed by atoms with van der Waals surface area (Å²) < 4.78 is 0. The summed E-state index contributed by atoms with van der Waals surface area (Å²) in [7, 11) is 0. The lowest BCUT2D eigenvalue weighted by molar-refractivity contribution is 0.102. The largest absolute Gasteiger partial charge is 0.351 e. The van der Waals surface area contributed by atoms with E-state index in [1.54, 1.807) is 24.3 Å². The molecule has 102 valence electrons. The number of anilines is 1. The number of nitriles is 1. The molecule has 0 fully saturated rings. The predicted molar refractivity (Wildman–Crippen MR) is 82.1 cm³/mol. The van der Waals surface area contributed by atoms with E-state index in [1.165, 1.54) is 0 Å². The molecule has 0 atom stereocenters. The second-order valence-electron chi connectivity index (χ2n) is 4.92. The summed E-state index contributed by atoms with van der Waals surface area (Å²) in [6.45, 7) is 2.02. The van der Waals surface area contributed by atoms with Gasteiger partial charge >= 0.3 is 0 Å². The summed E-state index contributed by atoms with van der Waals surface area (Å²) in [5, 5.41) is 12.6. The van der Waals surface area contributed by atoms with Crippen LogP contribution in [0, 0.1) is 18.3 Å². The normalized spacial score (nSPS) is 10.3. The molecule has 4 nitrogen and oxygen atoms in total. The van der Waals surface area contributed by atoms with Crippen molar-refractivity contribution in [3.05, 3.63) is 65.4 Å². The number of benzene rings is 2. The zero-order chi connectivity index (χ0) is 14.8. The molecule has 4 heteroatoms. The third-order valence-corrected chi connectivity index (χ3v) is 3.29. The van der Waals surface area contributed by atoms with Gasteiger partial charge < -0.3 is 10.3 Å². The molecule has 0 aliphatic carbocycles. The average Bonchev–Trinajstić information content (AvgIpc) is 2.91. The lowest BCUT2D eigenvalue weighted by atomic mass is 10.2. The molecule has 1 aromatic heterocycles. The third kappa shape index (κ3) is 2.63. The minimum atomic E-state index is -0.200. The monoisotopic (exact) mass is 275 g/mol. The number of aromatic amines is 1. The van der Waals surface area contributed by atoms with E-state index in [2.05, 4.69) is 10.3 Å². The predicted octanol–water partition coefficient (Wildman–Crippen LogP) is 3.60. The Balaban J connectivity index is 1.84. The van der Waals surface area contributed by atoms with Crippen LogP contribution in [0.1, 0.15) is 21.6 Å². The van der Waals surface area contributed by atoms with Crippen LogP contribution in [-0.2, 0) is 0 Å². The van der Waals surface area contributed by atoms with Crippen LogP contribution in [0.15, 0.2) is 48.5 Å². The van der Waals surface area contributed by atoms with Crippen molar-refractivity contribution in [1.82, 2.24) is 4.98 Å². The van der Waals surface area contributed by atoms with Crippen molar-refractivity contribution in [3.63, 3.8) is 0 Å².